The van der Waals surface area contributed by atoms with Gasteiger partial charge in [0.25, 0.3) is 5.91 Å². The van der Waals surface area contributed by atoms with Gasteiger partial charge in [0, 0.05) is 5.69 Å². The molecule has 24 heavy (non-hydrogen) atoms. The van der Waals surface area contributed by atoms with Crippen LogP contribution in [0.25, 0.3) is 0 Å². The highest BCUT2D eigenvalue weighted by Gasteiger charge is 2.06. The summed E-state index contributed by atoms with van der Waals surface area (Å²) in [6.45, 7) is 8.85. The molecular weight excluding hydrogens is 302 g/mol. The predicted octanol–water partition coefficient (Wildman–Crippen LogP) is 4.36. The molecule has 0 radical (unpaired) electrons. The van der Waals surface area contributed by atoms with Gasteiger partial charge in [-0.25, -0.2) is 0 Å². The summed E-state index contributed by atoms with van der Waals surface area (Å²) in [5, 5.41) is 2.82. The molecule has 2 aromatic carbocycles. The van der Waals surface area contributed by atoms with Crippen molar-refractivity contribution in [2.24, 2.45) is 5.92 Å². The molecule has 0 aromatic heterocycles. The Bertz CT molecular complexity index is 678. The second-order valence-corrected chi connectivity index (χ2v) is 6.34. The maximum Gasteiger partial charge on any atom is 0.262 e. The van der Waals surface area contributed by atoms with E-state index in [1.807, 2.05) is 56.3 Å². The lowest BCUT2D eigenvalue weighted by molar-refractivity contribution is -0.118. The van der Waals surface area contributed by atoms with Crippen LogP contribution in [-0.4, -0.2) is 19.1 Å². The van der Waals surface area contributed by atoms with E-state index >= 15 is 0 Å². The first-order valence-corrected chi connectivity index (χ1v) is 8.17. The molecule has 0 atom stereocenters. The fourth-order valence-corrected chi connectivity index (χ4v) is 2.20. The van der Waals surface area contributed by atoms with E-state index in [2.05, 4.69) is 19.2 Å². The van der Waals surface area contributed by atoms with Gasteiger partial charge in [0.15, 0.2) is 6.61 Å². The zero-order valence-electron chi connectivity index (χ0n) is 14.8. The van der Waals surface area contributed by atoms with Crippen molar-refractivity contribution >= 4 is 11.6 Å². The lowest BCUT2D eigenvalue weighted by atomic mass is 10.1. The molecular formula is C20H25NO3. The smallest absolute Gasteiger partial charge is 0.262 e. The number of nitrogens with one attached hydrogen (secondary N) is 1. The van der Waals surface area contributed by atoms with Crippen molar-refractivity contribution in [3.05, 3.63) is 53.6 Å². The van der Waals surface area contributed by atoms with E-state index < -0.39 is 0 Å². The monoisotopic (exact) mass is 327 g/mol. The Morgan fingerprint density at radius 3 is 2.38 bits per heavy atom. The summed E-state index contributed by atoms with van der Waals surface area (Å²) in [6.07, 6.45) is 0. The first-order chi connectivity index (χ1) is 11.4. The first kappa shape index (κ1) is 17.9. The highest BCUT2D eigenvalue weighted by atomic mass is 16.5. The van der Waals surface area contributed by atoms with Crippen molar-refractivity contribution in [2.45, 2.75) is 27.7 Å². The Kier molecular flexibility index (Phi) is 6.24. The molecule has 0 saturated carbocycles. The van der Waals surface area contributed by atoms with Gasteiger partial charge in [-0.3, -0.25) is 4.79 Å². The van der Waals surface area contributed by atoms with Crippen LogP contribution < -0.4 is 14.8 Å². The highest BCUT2D eigenvalue weighted by molar-refractivity contribution is 5.91. The van der Waals surface area contributed by atoms with Crippen LogP contribution in [0.2, 0.25) is 0 Å². The summed E-state index contributed by atoms with van der Waals surface area (Å²) in [5.41, 5.74) is 2.92. The molecule has 0 aliphatic carbocycles. The maximum absolute atomic E-state index is 12.0. The summed E-state index contributed by atoms with van der Waals surface area (Å²) in [5.74, 6) is 1.82. The molecule has 0 bridgehead atoms. The summed E-state index contributed by atoms with van der Waals surface area (Å²) >= 11 is 0. The van der Waals surface area contributed by atoms with Crippen molar-refractivity contribution in [3.8, 4) is 11.5 Å². The van der Waals surface area contributed by atoms with Crippen LogP contribution in [0, 0.1) is 19.8 Å². The van der Waals surface area contributed by atoms with Crippen LogP contribution in [0.5, 0.6) is 11.5 Å². The average molecular weight is 327 g/mol. The van der Waals surface area contributed by atoms with E-state index in [0.29, 0.717) is 12.5 Å². The number of anilines is 1. The number of carbonyl (C=O) groups excluding carboxylic acids is 1. The molecule has 0 spiro atoms. The number of ether oxygens (including phenoxy) is 2. The van der Waals surface area contributed by atoms with Crippen LogP contribution in [0.15, 0.2) is 42.5 Å². The minimum atomic E-state index is -0.189. The Morgan fingerprint density at radius 1 is 1.04 bits per heavy atom. The average Bonchev–Trinajstić information content (AvgIpc) is 2.53. The summed E-state index contributed by atoms with van der Waals surface area (Å²) < 4.78 is 11.2. The fraction of sp³-hybridized carbons (Fsp3) is 0.350. The predicted molar refractivity (Wildman–Crippen MR) is 96.8 cm³/mol. The molecule has 1 N–H and O–H groups in total. The zero-order chi connectivity index (χ0) is 17.5. The number of amides is 1. The third kappa shape index (κ3) is 5.61. The SMILES string of the molecule is Cc1ccc(OCC(=O)Nc2ccc(OCC(C)C)cc2)c(C)c1. The van der Waals surface area contributed by atoms with Gasteiger partial charge in [-0.05, 0) is 55.7 Å². The molecule has 2 rings (SSSR count). The normalized spacial score (nSPS) is 10.5. The van der Waals surface area contributed by atoms with Crippen LogP contribution in [0.4, 0.5) is 5.69 Å². The highest BCUT2D eigenvalue weighted by Crippen LogP contribution is 2.19. The molecule has 0 fully saturated rings. The van der Waals surface area contributed by atoms with Crippen molar-refractivity contribution in [1.82, 2.24) is 0 Å². The topological polar surface area (TPSA) is 47.6 Å². The molecule has 0 saturated heterocycles. The first-order valence-electron chi connectivity index (χ1n) is 8.17. The number of rotatable bonds is 7. The standard InChI is InChI=1S/C20H25NO3/c1-14(2)12-23-18-8-6-17(7-9-18)21-20(22)13-24-19-10-5-15(3)11-16(19)4/h5-11,14H,12-13H2,1-4H3,(H,21,22). The van der Waals surface area contributed by atoms with Gasteiger partial charge in [-0.1, -0.05) is 31.5 Å². The summed E-state index contributed by atoms with van der Waals surface area (Å²) in [7, 11) is 0. The third-order valence-corrected chi connectivity index (χ3v) is 3.41. The summed E-state index contributed by atoms with van der Waals surface area (Å²) in [4.78, 5) is 12.0. The third-order valence-electron chi connectivity index (χ3n) is 3.41. The van der Waals surface area contributed by atoms with Crippen molar-refractivity contribution in [3.63, 3.8) is 0 Å². The van der Waals surface area contributed by atoms with Crippen molar-refractivity contribution in [1.29, 1.82) is 0 Å². The molecule has 0 unspecified atom stereocenters. The van der Waals surface area contributed by atoms with E-state index in [4.69, 9.17) is 9.47 Å². The van der Waals surface area contributed by atoms with Gasteiger partial charge >= 0.3 is 0 Å². The Morgan fingerprint density at radius 2 is 1.75 bits per heavy atom. The Balaban J connectivity index is 1.83. The van der Waals surface area contributed by atoms with Crippen LogP contribution in [-0.2, 0) is 4.79 Å². The van der Waals surface area contributed by atoms with Gasteiger partial charge in [-0.2, -0.15) is 0 Å². The molecule has 1 amide bonds. The van der Waals surface area contributed by atoms with E-state index in [0.717, 1.165) is 22.7 Å². The van der Waals surface area contributed by atoms with Gasteiger partial charge in [0.05, 0.1) is 6.61 Å². The van der Waals surface area contributed by atoms with Gasteiger partial charge in [0.1, 0.15) is 11.5 Å². The zero-order valence-corrected chi connectivity index (χ0v) is 14.8. The second kappa shape index (κ2) is 8.39. The van der Waals surface area contributed by atoms with Crippen LogP contribution in [0.1, 0.15) is 25.0 Å². The van der Waals surface area contributed by atoms with Crippen LogP contribution in [0.3, 0.4) is 0 Å². The lowest BCUT2D eigenvalue weighted by Gasteiger charge is -2.11. The van der Waals surface area contributed by atoms with Gasteiger partial charge in [0.2, 0.25) is 0 Å². The molecule has 0 heterocycles. The van der Waals surface area contributed by atoms with E-state index in [-0.39, 0.29) is 12.5 Å². The van der Waals surface area contributed by atoms with E-state index in [9.17, 15) is 4.79 Å². The Hall–Kier alpha value is -2.49. The summed E-state index contributed by atoms with van der Waals surface area (Å²) in [6, 6.07) is 13.2. The molecule has 4 heteroatoms. The van der Waals surface area contributed by atoms with Gasteiger partial charge in [-0.15, -0.1) is 0 Å². The molecule has 128 valence electrons. The minimum absolute atomic E-state index is 0.0184. The van der Waals surface area contributed by atoms with Crippen LogP contribution >= 0.6 is 0 Å². The number of carbonyl (C=O) groups is 1. The lowest BCUT2D eigenvalue weighted by Crippen LogP contribution is -2.20. The van der Waals surface area contributed by atoms with Crippen molar-refractivity contribution in [2.75, 3.05) is 18.5 Å². The van der Waals surface area contributed by atoms with E-state index in [1.54, 1.807) is 0 Å². The molecule has 0 aliphatic heterocycles. The maximum atomic E-state index is 12.0. The Labute approximate surface area is 143 Å². The number of hydrogen-bond donors (Lipinski definition) is 1. The minimum Gasteiger partial charge on any atom is -0.493 e. The second-order valence-electron chi connectivity index (χ2n) is 6.34. The van der Waals surface area contributed by atoms with Crippen molar-refractivity contribution < 1.29 is 14.3 Å². The quantitative estimate of drug-likeness (QED) is 0.822. The van der Waals surface area contributed by atoms with E-state index in [1.165, 1.54) is 5.56 Å². The number of benzene rings is 2. The molecule has 0 aliphatic rings. The van der Waals surface area contributed by atoms with Gasteiger partial charge < -0.3 is 14.8 Å². The molecule has 4 nitrogen and oxygen atoms in total. The number of aryl methyl sites for hydroxylation is 2. The number of hydrogen-bond acceptors (Lipinski definition) is 3. The fourth-order valence-electron chi connectivity index (χ4n) is 2.20. The largest absolute Gasteiger partial charge is 0.493 e. The molecule has 2 aromatic rings.